The van der Waals surface area contributed by atoms with Crippen molar-refractivity contribution < 1.29 is 9.90 Å². The Morgan fingerprint density at radius 1 is 1.18 bits per heavy atom. The first-order valence-electron chi connectivity index (χ1n) is 8.73. The maximum absolute atomic E-state index is 12.5. The molecule has 0 bridgehead atoms. The Labute approximate surface area is 163 Å². The summed E-state index contributed by atoms with van der Waals surface area (Å²) >= 11 is 0. The number of benzene rings is 1. The summed E-state index contributed by atoms with van der Waals surface area (Å²) in [5.74, 6) is 0.389. The molecule has 0 fully saturated rings. The fourth-order valence-electron chi connectivity index (χ4n) is 2.98. The summed E-state index contributed by atoms with van der Waals surface area (Å²) in [6, 6.07) is 13.9. The molecule has 140 valence electrons. The molecule has 0 saturated carbocycles. The highest BCUT2D eigenvalue weighted by Gasteiger charge is 2.14. The fourth-order valence-corrected chi connectivity index (χ4v) is 2.98. The number of phenolic OH excluding ortho intramolecular Hbond substituents is 1. The Kier molecular flexibility index (Phi) is 5.28. The first-order chi connectivity index (χ1) is 13.4. The Bertz CT molecular complexity index is 1100. The van der Waals surface area contributed by atoms with E-state index in [0.717, 1.165) is 28.3 Å². The average molecular weight is 372 g/mol. The van der Waals surface area contributed by atoms with Gasteiger partial charge < -0.3 is 15.0 Å². The number of nitrogens with zero attached hydrogens (tertiary/aromatic N) is 3. The number of carbonyl (C=O) groups is 1. The van der Waals surface area contributed by atoms with Crippen molar-refractivity contribution in [3.05, 3.63) is 76.7 Å². The molecule has 0 atom stereocenters. The number of nitriles is 1. The summed E-state index contributed by atoms with van der Waals surface area (Å²) in [6.45, 7) is 5.88. The maximum atomic E-state index is 12.5. The topological polar surface area (TPSA) is 90.9 Å². The molecule has 28 heavy (non-hydrogen) atoms. The number of pyridine rings is 1. The minimum Gasteiger partial charge on any atom is -0.508 e. The third-order valence-electron chi connectivity index (χ3n) is 4.39. The SMILES string of the molecule is Cc1ccnc(-n2c(C)cc(/C=C(/C#N)C(=O)Nc3ccc(O)cc3)c2C)c1. The van der Waals surface area contributed by atoms with Crippen molar-refractivity contribution >= 4 is 17.7 Å². The molecule has 2 aromatic heterocycles. The van der Waals surface area contributed by atoms with E-state index in [0.29, 0.717) is 5.69 Å². The van der Waals surface area contributed by atoms with E-state index in [2.05, 4.69) is 10.3 Å². The molecule has 0 radical (unpaired) electrons. The minimum absolute atomic E-state index is 0.00877. The van der Waals surface area contributed by atoms with Crippen LogP contribution in [0.4, 0.5) is 5.69 Å². The molecule has 0 aliphatic rings. The van der Waals surface area contributed by atoms with Crippen LogP contribution in [0.3, 0.4) is 0 Å². The Balaban J connectivity index is 1.93. The Hall–Kier alpha value is -3.85. The zero-order chi connectivity index (χ0) is 20.3. The first-order valence-corrected chi connectivity index (χ1v) is 8.73. The molecule has 0 saturated heterocycles. The molecule has 0 aliphatic heterocycles. The highest BCUT2D eigenvalue weighted by Crippen LogP contribution is 2.23. The second-order valence-electron chi connectivity index (χ2n) is 6.52. The van der Waals surface area contributed by atoms with Crippen molar-refractivity contribution in [1.82, 2.24) is 9.55 Å². The number of anilines is 1. The number of amides is 1. The number of rotatable bonds is 4. The number of carbonyl (C=O) groups excluding carboxylic acids is 1. The van der Waals surface area contributed by atoms with Crippen molar-refractivity contribution in [2.75, 3.05) is 5.32 Å². The van der Waals surface area contributed by atoms with Crippen LogP contribution in [0.1, 0.15) is 22.5 Å². The Morgan fingerprint density at radius 2 is 1.89 bits per heavy atom. The van der Waals surface area contributed by atoms with E-state index in [1.807, 2.05) is 49.6 Å². The van der Waals surface area contributed by atoms with Crippen LogP contribution in [0, 0.1) is 32.1 Å². The summed E-state index contributed by atoms with van der Waals surface area (Å²) < 4.78 is 1.99. The molecule has 6 nitrogen and oxygen atoms in total. The smallest absolute Gasteiger partial charge is 0.266 e. The number of nitrogens with one attached hydrogen (secondary N) is 1. The van der Waals surface area contributed by atoms with Gasteiger partial charge in [-0.1, -0.05) is 0 Å². The van der Waals surface area contributed by atoms with Gasteiger partial charge in [-0.3, -0.25) is 4.79 Å². The highest BCUT2D eigenvalue weighted by molar-refractivity contribution is 6.09. The van der Waals surface area contributed by atoms with Crippen molar-refractivity contribution in [2.24, 2.45) is 0 Å². The average Bonchev–Trinajstić information content (AvgIpc) is 2.94. The third-order valence-corrected chi connectivity index (χ3v) is 4.39. The lowest BCUT2D eigenvalue weighted by molar-refractivity contribution is -0.112. The van der Waals surface area contributed by atoms with Crippen molar-refractivity contribution in [1.29, 1.82) is 5.26 Å². The standard InChI is InChI=1S/C22H20N4O2/c1-14-8-9-24-21(10-14)26-15(2)11-17(16(26)3)12-18(13-23)22(28)25-19-4-6-20(27)7-5-19/h4-12,27H,1-3H3,(H,25,28)/b18-12-. The summed E-state index contributed by atoms with van der Waals surface area (Å²) in [4.78, 5) is 16.9. The van der Waals surface area contributed by atoms with Gasteiger partial charge in [0.15, 0.2) is 0 Å². The number of aryl methyl sites for hydroxylation is 2. The summed E-state index contributed by atoms with van der Waals surface area (Å²) in [5.41, 5.74) is 4.21. The van der Waals surface area contributed by atoms with Gasteiger partial charge in [-0.25, -0.2) is 4.98 Å². The molecular formula is C22H20N4O2. The van der Waals surface area contributed by atoms with Crippen molar-refractivity contribution in [3.63, 3.8) is 0 Å². The van der Waals surface area contributed by atoms with Crippen LogP contribution in [0.5, 0.6) is 5.75 Å². The predicted molar refractivity (Wildman–Crippen MR) is 108 cm³/mol. The van der Waals surface area contributed by atoms with E-state index in [9.17, 15) is 15.2 Å². The van der Waals surface area contributed by atoms with Gasteiger partial charge in [-0.15, -0.1) is 0 Å². The van der Waals surface area contributed by atoms with E-state index in [-0.39, 0.29) is 11.3 Å². The fraction of sp³-hybridized carbons (Fsp3) is 0.136. The minimum atomic E-state index is -0.508. The number of phenols is 1. The van der Waals surface area contributed by atoms with E-state index in [4.69, 9.17) is 0 Å². The molecule has 0 spiro atoms. The Morgan fingerprint density at radius 3 is 2.54 bits per heavy atom. The number of aromatic nitrogens is 2. The number of aromatic hydroxyl groups is 1. The predicted octanol–water partition coefficient (Wildman–Crippen LogP) is 4.05. The van der Waals surface area contributed by atoms with Crippen LogP contribution < -0.4 is 5.32 Å². The molecule has 1 amide bonds. The van der Waals surface area contributed by atoms with Crippen LogP contribution in [0.15, 0.2) is 54.2 Å². The molecule has 2 heterocycles. The van der Waals surface area contributed by atoms with Gasteiger partial charge in [0.05, 0.1) is 0 Å². The molecule has 2 N–H and O–H groups in total. The van der Waals surface area contributed by atoms with Crippen LogP contribution in [-0.2, 0) is 4.79 Å². The van der Waals surface area contributed by atoms with Gasteiger partial charge in [0.1, 0.15) is 23.2 Å². The van der Waals surface area contributed by atoms with Crippen LogP contribution in [-0.4, -0.2) is 20.6 Å². The van der Waals surface area contributed by atoms with Crippen LogP contribution in [0.25, 0.3) is 11.9 Å². The number of hydrogen-bond donors (Lipinski definition) is 2. The van der Waals surface area contributed by atoms with Crippen molar-refractivity contribution in [2.45, 2.75) is 20.8 Å². The van der Waals surface area contributed by atoms with E-state index in [1.165, 1.54) is 12.1 Å². The van der Waals surface area contributed by atoms with Gasteiger partial charge in [0.2, 0.25) is 0 Å². The van der Waals surface area contributed by atoms with Crippen LogP contribution >= 0.6 is 0 Å². The molecule has 1 aromatic carbocycles. The lowest BCUT2D eigenvalue weighted by Crippen LogP contribution is -2.13. The van der Waals surface area contributed by atoms with Crippen molar-refractivity contribution in [3.8, 4) is 17.6 Å². The molecule has 3 rings (SSSR count). The largest absolute Gasteiger partial charge is 0.508 e. The summed E-state index contributed by atoms with van der Waals surface area (Å²) in [7, 11) is 0. The molecule has 3 aromatic rings. The molecule has 6 heteroatoms. The van der Waals surface area contributed by atoms with E-state index in [1.54, 1.807) is 24.4 Å². The highest BCUT2D eigenvalue weighted by atomic mass is 16.3. The first kappa shape index (κ1) is 18.9. The summed E-state index contributed by atoms with van der Waals surface area (Å²) in [5, 5.41) is 21.4. The zero-order valence-corrected chi connectivity index (χ0v) is 15.9. The van der Waals surface area contributed by atoms with Gasteiger partial charge >= 0.3 is 0 Å². The van der Waals surface area contributed by atoms with Gasteiger partial charge in [0.25, 0.3) is 5.91 Å². The monoisotopic (exact) mass is 372 g/mol. The third kappa shape index (κ3) is 3.94. The molecular weight excluding hydrogens is 352 g/mol. The van der Waals surface area contributed by atoms with Gasteiger partial charge in [0, 0.05) is 23.3 Å². The quantitative estimate of drug-likeness (QED) is 0.411. The van der Waals surface area contributed by atoms with Gasteiger partial charge in [-0.2, -0.15) is 5.26 Å². The second kappa shape index (κ2) is 7.80. The molecule has 0 aliphatic carbocycles. The number of hydrogen-bond acceptors (Lipinski definition) is 4. The lowest BCUT2D eigenvalue weighted by atomic mass is 10.1. The van der Waals surface area contributed by atoms with Gasteiger partial charge in [-0.05, 0) is 80.4 Å². The zero-order valence-electron chi connectivity index (χ0n) is 15.9. The summed E-state index contributed by atoms with van der Waals surface area (Å²) in [6.07, 6.45) is 3.33. The van der Waals surface area contributed by atoms with Crippen LogP contribution in [0.2, 0.25) is 0 Å². The van der Waals surface area contributed by atoms with E-state index >= 15 is 0 Å². The van der Waals surface area contributed by atoms with E-state index < -0.39 is 5.91 Å². The lowest BCUT2D eigenvalue weighted by Gasteiger charge is -2.09. The maximum Gasteiger partial charge on any atom is 0.266 e. The normalized spacial score (nSPS) is 11.1. The second-order valence-corrected chi connectivity index (χ2v) is 6.52. The molecule has 0 unspecified atom stereocenters.